The first kappa shape index (κ1) is 9.59. The summed E-state index contributed by atoms with van der Waals surface area (Å²) in [6.07, 6.45) is 1.01. The van der Waals surface area contributed by atoms with Crippen LogP contribution in [-0.4, -0.2) is 28.6 Å². The summed E-state index contributed by atoms with van der Waals surface area (Å²) in [4.78, 5) is 17.4. The highest BCUT2D eigenvalue weighted by molar-refractivity contribution is 9.10. The number of rotatable bonds is 2. The molecule has 80 valence electrons. The SMILES string of the molecule is O=C(O)C1C2CC1N(c1nc(Br)cs1)C2. The van der Waals surface area contributed by atoms with E-state index in [2.05, 4.69) is 25.8 Å². The zero-order chi connectivity index (χ0) is 10.6. The number of aliphatic carboxylic acids is 1. The van der Waals surface area contributed by atoms with Crippen molar-refractivity contribution in [2.75, 3.05) is 11.4 Å². The molecule has 3 aliphatic rings. The van der Waals surface area contributed by atoms with Gasteiger partial charge in [-0.3, -0.25) is 4.79 Å². The predicted octanol–water partition coefficient (Wildman–Crippen LogP) is 1.81. The van der Waals surface area contributed by atoms with E-state index in [-0.39, 0.29) is 12.0 Å². The second-order valence-corrected chi connectivity index (χ2v) is 5.68. The van der Waals surface area contributed by atoms with Crippen molar-refractivity contribution in [3.05, 3.63) is 9.98 Å². The molecule has 0 amide bonds. The number of carbonyl (C=O) groups is 1. The molecule has 3 atom stereocenters. The molecule has 4 nitrogen and oxygen atoms in total. The number of carboxylic acids is 1. The molecule has 3 heterocycles. The summed E-state index contributed by atoms with van der Waals surface area (Å²) in [5, 5.41) is 11.9. The molecule has 1 N–H and O–H groups in total. The molecule has 1 aromatic rings. The molecule has 1 saturated carbocycles. The Morgan fingerprint density at radius 2 is 2.53 bits per heavy atom. The number of anilines is 1. The van der Waals surface area contributed by atoms with Crippen LogP contribution in [0.2, 0.25) is 0 Å². The van der Waals surface area contributed by atoms with Crippen LogP contribution in [0.5, 0.6) is 0 Å². The van der Waals surface area contributed by atoms with Crippen molar-refractivity contribution in [1.82, 2.24) is 4.98 Å². The van der Waals surface area contributed by atoms with Crippen LogP contribution in [0.25, 0.3) is 0 Å². The Morgan fingerprint density at radius 1 is 1.73 bits per heavy atom. The summed E-state index contributed by atoms with van der Waals surface area (Å²) in [6, 6.07) is 0.172. The molecule has 0 spiro atoms. The fourth-order valence-corrected chi connectivity index (χ4v) is 3.90. The lowest BCUT2D eigenvalue weighted by molar-refractivity contribution is -0.146. The van der Waals surface area contributed by atoms with Gasteiger partial charge in [0.1, 0.15) is 4.60 Å². The van der Waals surface area contributed by atoms with Crippen molar-refractivity contribution in [1.29, 1.82) is 0 Å². The van der Waals surface area contributed by atoms with Crippen molar-refractivity contribution in [3.63, 3.8) is 0 Å². The predicted molar refractivity (Wildman–Crippen MR) is 60.2 cm³/mol. The van der Waals surface area contributed by atoms with Crippen LogP contribution in [0.3, 0.4) is 0 Å². The Hall–Kier alpha value is -0.620. The van der Waals surface area contributed by atoms with Crippen LogP contribution in [0.4, 0.5) is 5.13 Å². The Balaban J connectivity index is 1.84. The molecule has 0 radical (unpaired) electrons. The third-order valence-electron chi connectivity index (χ3n) is 3.29. The number of aromatic nitrogens is 1. The largest absolute Gasteiger partial charge is 0.481 e. The molecule has 2 aliphatic heterocycles. The van der Waals surface area contributed by atoms with E-state index in [0.29, 0.717) is 5.92 Å². The first-order valence-corrected chi connectivity index (χ1v) is 6.44. The number of nitrogens with zero attached hydrogens (tertiary/aromatic N) is 2. The number of hydrogen-bond acceptors (Lipinski definition) is 4. The van der Waals surface area contributed by atoms with E-state index in [9.17, 15) is 4.79 Å². The molecule has 15 heavy (non-hydrogen) atoms. The van der Waals surface area contributed by atoms with Gasteiger partial charge in [-0.25, -0.2) is 4.98 Å². The van der Waals surface area contributed by atoms with Gasteiger partial charge in [0.25, 0.3) is 0 Å². The number of thiazole rings is 1. The normalized spacial score (nSPS) is 32.9. The first-order valence-electron chi connectivity index (χ1n) is 4.77. The number of hydrogen-bond donors (Lipinski definition) is 1. The molecule has 0 aromatic carbocycles. The highest BCUT2D eigenvalue weighted by atomic mass is 79.9. The molecule has 3 unspecified atom stereocenters. The number of carboxylic acid groups (broad SMARTS) is 1. The molecule has 1 aromatic heterocycles. The third kappa shape index (κ3) is 1.31. The summed E-state index contributed by atoms with van der Waals surface area (Å²) in [5.74, 6) is -0.503. The fourth-order valence-electron chi connectivity index (χ4n) is 2.58. The fraction of sp³-hybridized carbons (Fsp3) is 0.556. The minimum atomic E-state index is -0.658. The van der Waals surface area contributed by atoms with Crippen LogP contribution < -0.4 is 4.90 Å². The smallest absolute Gasteiger partial charge is 0.308 e. The standard InChI is InChI=1S/C9H9BrN2O2S/c10-6-3-15-9(11-6)12-2-4-1-5(12)7(4)8(13)14/h3-5,7H,1-2H2,(H,13,14). The quantitative estimate of drug-likeness (QED) is 0.902. The van der Waals surface area contributed by atoms with Gasteiger partial charge in [0.05, 0.1) is 5.92 Å². The van der Waals surface area contributed by atoms with E-state index in [0.717, 1.165) is 22.7 Å². The summed E-state index contributed by atoms with van der Waals surface area (Å²) >= 11 is 4.88. The maximum absolute atomic E-state index is 11.0. The van der Waals surface area contributed by atoms with Crippen molar-refractivity contribution in [3.8, 4) is 0 Å². The molecule has 6 heteroatoms. The average molecular weight is 289 g/mol. The van der Waals surface area contributed by atoms with Crippen LogP contribution in [0, 0.1) is 11.8 Å². The molecular weight excluding hydrogens is 280 g/mol. The van der Waals surface area contributed by atoms with Crippen molar-refractivity contribution in [2.45, 2.75) is 12.5 Å². The van der Waals surface area contributed by atoms with Gasteiger partial charge < -0.3 is 10.0 Å². The lowest BCUT2D eigenvalue weighted by Crippen LogP contribution is -2.43. The molecule has 2 saturated heterocycles. The number of halogens is 1. The molecular formula is C9H9BrN2O2S. The van der Waals surface area contributed by atoms with Crippen LogP contribution in [0.1, 0.15) is 6.42 Å². The van der Waals surface area contributed by atoms with Gasteiger partial charge >= 0.3 is 5.97 Å². The second-order valence-electron chi connectivity index (χ2n) is 4.03. The van der Waals surface area contributed by atoms with Crippen LogP contribution >= 0.6 is 27.3 Å². The van der Waals surface area contributed by atoms with E-state index in [4.69, 9.17) is 5.11 Å². The van der Waals surface area contributed by atoms with Crippen molar-refractivity contribution >= 4 is 38.4 Å². The Labute approximate surface area is 99.1 Å². The summed E-state index contributed by atoms with van der Waals surface area (Å²) in [6.45, 7) is 0.849. The molecule has 2 bridgehead atoms. The molecule has 1 aliphatic carbocycles. The molecule has 4 rings (SSSR count). The van der Waals surface area contributed by atoms with Gasteiger partial charge in [-0.2, -0.15) is 0 Å². The lowest BCUT2D eigenvalue weighted by Gasteiger charge is -2.32. The van der Waals surface area contributed by atoms with Crippen LogP contribution in [-0.2, 0) is 4.79 Å². The topological polar surface area (TPSA) is 53.4 Å². The summed E-state index contributed by atoms with van der Waals surface area (Å²) < 4.78 is 0.832. The van der Waals surface area contributed by atoms with E-state index in [1.54, 1.807) is 11.3 Å². The van der Waals surface area contributed by atoms with Crippen LogP contribution in [0.15, 0.2) is 9.98 Å². The van der Waals surface area contributed by atoms with Gasteiger partial charge in [-0.05, 0) is 28.3 Å². The Bertz CT molecular complexity index is 422. The first-order chi connectivity index (χ1) is 7.16. The van der Waals surface area contributed by atoms with Gasteiger partial charge in [0, 0.05) is 18.0 Å². The summed E-state index contributed by atoms with van der Waals surface area (Å²) in [5.41, 5.74) is 0. The monoisotopic (exact) mass is 288 g/mol. The van der Waals surface area contributed by atoms with E-state index < -0.39 is 5.97 Å². The highest BCUT2D eigenvalue weighted by Gasteiger charge is 2.56. The highest BCUT2D eigenvalue weighted by Crippen LogP contribution is 2.48. The zero-order valence-electron chi connectivity index (χ0n) is 7.76. The van der Waals surface area contributed by atoms with E-state index in [1.165, 1.54) is 0 Å². The lowest BCUT2D eigenvalue weighted by atomic mass is 9.74. The van der Waals surface area contributed by atoms with Gasteiger partial charge in [-0.15, -0.1) is 11.3 Å². The maximum Gasteiger partial charge on any atom is 0.308 e. The van der Waals surface area contributed by atoms with E-state index >= 15 is 0 Å². The number of fused-ring (bicyclic) bond motifs is 1. The minimum Gasteiger partial charge on any atom is -0.481 e. The second kappa shape index (κ2) is 3.18. The van der Waals surface area contributed by atoms with Gasteiger partial charge in [0.15, 0.2) is 5.13 Å². The Kier molecular flexibility index (Phi) is 2.04. The Morgan fingerprint density at radius 3 is 3.07 bits per heavy atom. The van der Waals surface area contributed by atoms with Gasteiger partial charge in [0.2, 0.25) is 0 Å². The van der Waals surface area contributed by atoms with Gasteiger partial charge in [-0.1, -0.05) is 0 Å². The third-order valence-corrected chi connectivity index (χ3v) is 4.88. The summed E-state index contributed by atoms with van der Waals surface area (Å²) in [7, 11) is 0. The maximum atomic E-state index is 11.0. The average Bonchev–Trinajstić information content (AvgIpc) is 2.72. The van der Waals surface area contributed by atoms with Crippen molar-refractivity contribution < 1.29 is 9.90 Å². The minimum absolute atomic E-state index is 0.172. The van der Waals surface area contributed by atoms with E-state index in [1.807, 2.05) is 5.38 Å². The molecule has 3 fully saturated rings. The van der Waals surface area contributed by atoms with Crippen molar-refractivity contribution in [2.24, 2.45) is 11.8 Å². The zero-order valence-corrected chi connectivity index (χ0v) is 10.2.